The van der Waals surface area contributed by atoms with Crippen molar-refractivity contribution < 1.29 is 4.74 Å². The van der Waals surface area contributed by atoms with Crippen molar-refractivity contribution in [2.75, 3.05) is 6.54 Å². The quantitative estimate of drug-likeness (QED) is 0.892. The van der Waals surface area contributed by atoms with E-state index in [0.717, 1.165) is 22.2 Å². The van der Waals surface area contributed by atoms with Crippen molar-refractivity contribution in [3.63, 3.8) is 0 Å². The van der Waals surface area contributed by atoms with E-state index < -0.39 is 0 Å². The molecule has 0 unspecified atom stereocenters. The van der Waals surface area contributed by atoms with Crippen LogP contribution in [0.4, 0.5) is 0 Å². The largest absolute Gasteiger partial charge is 0.488 e. The normalized spacial score (nSPS) is 10.6. The number of benzene rings is 2. The summed E-state index contributed by atoms with van der Waals surface area (Å²) in [5.41, 5.74) is 10.4. The minimum atomic E-state index is 0.588. The maximum Gasteiger partial charge on any atom is 0.125 e. The maximum atomic E-state index is 5.98. The molecule has 0 aliphatic heterocycles. The molecule has 20 heavy (non-hydrogen) atoms. The highest BCUT2D eigenvalue weighted by Gasteiger charge is 2.06. The van der Waals surface area contributed by atoms with Crippen LogP contribution in [0.1, 0.15) is 22.3 Å². The minimum absolute atomic E-state index is 0.588. The van der Waals surface area contributed by atoms with Crippen LogP contribution >= 0.6 is 15.9 Å². The fourth-order valence-corrected chi connectivity index (χ4v) is 2.58. The SMILES string of the molecule is Cc1cc(CCN)cc(C)c1OCc1ccc(Br)cc1. The standard InChI is InChI=1S/C17H20BrNO/c1-12-9-15(7-8-19)10-13(2)17(12)20-11-14-3-5-16(18)6-4-14/h3-6,9-10H,7-8,11,19H2,1-2H3. The Kier molecular flexibility index (Phi) is 5.21. The molecule has 0 saturated heterocycles. The molecule has 0 aliphatic rings. The van der Waals surface area contributed by atoms with E-state index in [1.54, 1.807) is 0 Å². The summed E-state index contributed by atoms with van der Waals surface area (Å²) >= 11 is 3.44. The second kappa shape index (κ2) is 6.91. The van der Waals surface area contributed by atoms with Gasteiger partial charge in [-0.25, -0.2) is 0 Å². The zero-order valence-electron chi connectivity index (χ0n) is 11.9. The Bertz CT molecular complexity index is 555. The molecule has 2 aromatic carbocycles. The van der Waals surface area contributed by atoms with Crippen LogP contribution < -0.4 is 10.5 Å². The Hall–Kier alpha value is -1.32. The molecule has 2 rings (SSSR count). The van der Waals surface area contributed by atoms with Crippen LogP contribution in [0.15, 0.2) is 40.9 Å². The molecule has 106 valence electrons. The fourth-order valence-electron chi connectivity index (χ4n) is 2.31. The summed E-state index contributed by atoms with van der Waals surface area (Å²) in [6.07, 6.45) is 0.911. The van der Waals surface area contributed by atoms with Gasteiger partial charge in [-0.1, -0.05) is 40.2 Å². The Morgan fingerprint density at radius 3 is 2.15 bits per heavy atom. The topological polar surface area (TPSA) is 35.2 Å². The molecule has 0 spiro atoms. The van der Waals surface area contributed by atoms with Crippen molar-refractivity contribution in [2.45, 2.75) is 26.9 Å². The van der Waals surface area contributed by atoms with Crippen molar-refractivity contribution in [2.24, 2.45) is 5.73 Å². The third-order valence-electron chi connectivity index (χ3n) is 3.25. The molecule has 0 bridgehead atoms. The third kappa shape index (κ3) is 3.84. The summed E-state index contributed by atoms with van der Waals surface area (Å²) in [6.45, 7) is 5.44. The third-order valence-corrected chi connectivity index (χ3v) is 3.78. The molecule has 2 nitrogen and oxygen atoms in total. The van der Waals surface area contributed by atoms with Crippen LogP contribution in [0.25, 0.3) is 0 Å². The lowest BCUT2D eigenvalue weighted by molar-refractivity contribution is 0.302. The molecule has 0 atom stereocenters. The van der Waals surface area contributed by atoms with Crippen molar-refractivity contribution in [1.29, 1.82) is 0 Å². The van der Waals surface area contributed by atoms with Gasteiger partial charge >= 0.3 is 0 Å². The Labute approximate surface area is 129 Å². The molecule has 0 saturated carbocycles. The second-order valence-corrected chi connectivity index (χ2v) is 5.93. The van der Waals surface area contributed by atoms with Gasteiger partial charge in [0.05, 0.1) is 0 Å². The van der Waals surface area contributed by atoms with Crippen LogP contribution in [0.3, 0.4) is 0 Å². The number of hydrogen-bond acceptors (Lipinski definition) is 2. The first-order valence-corrected chi connectivity index (χ1v) is 7.57. The summed E-state index contributed by atoms with van der Waals surface area (Å²) in [7, 11) is 0. The van der Waals surface area contributed by atoms with Crippen molar-refractivity contribution >= 4 is 15.9 Å². The predicted octanol–water partition coefficient (Wildman–Crippen LogP) is 4.15. The molecular weight excluding hydrogens is 314 g/mol. The Morgan fingerprint density at radius 2 is 1.60 bits per heavy atom. The summed E-state index contributed by atoms with van der Waals surface area (Å²) in [6, 6.07) is 12.5. The lowest BCUT2D eigenvalue weighted by Gasteiger charge is -2.14. The van der Waals surface area contributed by atoms with Crippen molar-refractivity contribution in [1.82, 2.24) is 0 Å². The number of aryl methyl sites for hydroxylation is 2. The molecule has 0 radical (unpaired) electrons. The van der Waals surface area contributed by atoms with Crippen LogP contribution in [0.2, 0.25) is 0 Å². The van der Waals surface area contributed by atoms with Gasteiger partial charge in [0.2, 0.25) is 0 Å². The minimum Gasteiger partial charge on any atom is -0.488 e. The first-order chi connectivity index (χ1) is 9.60. The molecule has 3 heteroatoms. The number of nitrogens with two attached hydrogens (primary N) is 1. The number of hydrogen-bond donors (Lipinski definition) is 1. The highest BCUT2D eigenvalue weighted by molar-refractivity contribution is 9.10. The molecule has 0 amide bonds. The molecule has 2 N–H and O–H groups in total. The van der Waals surface area contributed by atoms with Crippen molar-refractivity contribution in [3.8, 4) is 5.75 Å². The van der Waals surface area contributed by atoms with E-state index in [9.17, 15) is 0 Å². The van der Waals surface area contributed by atoms with Crippen LogP contribution in [0, 0.1) is 13.8 Å². The first-order valence-electron chi connectivity index (χ1n) is 6.77. The lowest BCUT2D eigenvalue weighted by atomic mass is 10.0. The fraction of sp³-hybridized carbons (Fsp3) is 0.294. The van der Waals surface area contributed by atoms with Gasteiger partial charge in [0, 0.05) is 4.47 Å². The summed E-state index contributed by atoms with van der Waals surface area (Å²) in [5, 5.41) is 0. The highest BCUT2D eigenvalue weighted by Crippen LogP contribution is 2.26. The zero-order chi connectivity index (χ0) is 14.5. The van der Waals surface area contributed by atoms with E-state index in [1.165, 1.54) is 16.7 Å². The van der Waals surface area contributed by atoms with E-state index in [-0.39, 0.29) is 0 Å². The molecule has 0 aliphatic carbocycles. The van der Waals surface area contributed by atoms with Gasteiger partial charge in [0.15, 0.2) is 0 Å². The summed E-state index contributed by atoms with van der Waals surface area (Å²) in [5.74, 6) is 0.980. The molecule has 0 heterocycles. The second-order valence-electron chi connectivity index (χ2n) is 5.01. The number of halogens is 1. The van der Waals surface area contributed by atoms with Gasteiger partial charge in [-0.3, -0.25) is 0 Å². The average Bonchev–Trinajstić information content (AvgIpc) is 2.40. The van der Waals surface area contributed by atoms with E-state index in [0.29, 0.717) is 13.2 Å². The molecule has 2 aromatic rings. The monoisotopic (exact) mass is 333 g/mol. The molecular formula is C17H20BrNO. The van der Waals surface area contributed by atoms with Gasteiger partial charge in [-0.15, -0.1) is 0 Å². The zero-order valence-corrected chi connectivity index (χ0v) is 13.5. The van der Waals surface area contributed by atoms with Crippen LogP contribution in [0.5, 0.6) is 5.75 Å². The Balaban J connectivity index is 2.11. The van der Waals surface area contributed by atoms with Gasteiger partial charge < -0.3 is 10.5 Å². The van der Waals surface area contributed by atoms with E-state index in [4.69, 9.17) is 10.5 Å². The van der Waals surface area contributed by atoms with Gasteiger partial charge in [0.25, 0.3) is 0 Å². The smallest absolute Gasteiger partial charge is 0.125 e. The summed E-state index contributed by atoms with van der Waals surface area (Å²) in [4.78, 5) is 0. The van der Waals surface area contributed by atoms with E-state index >= 15 is 0 Å². The van der Waals surface area contributed by atoms with Crippen molar-refractivity contribution in [3.05, 3.63) is 63.1 Å². The number of ether oxygens (including phenoxy) is 1. The Morgan fingerprint density at radius 1 is 1.00 bits per heavy atom. The summed E-state index contributed by atoms with van der Waals surface area (Å²) < 4.78 is 7.06. The van der Waals surface area contributed by atoms with Gasteiger partial charge in [0.1, 0.15) is 12.4 Å². The van der Waals surface area contributed by atoms with Crippen LogP contribution in [-0.2, 0) is 13.0 Å². The first kappa shape index (κ1) is 15.1. The van der Waals surface area contributed by atoms with E-state index in [1.807, 2.05) is 12.1 Å². The lowest BCUT2D eigenvalue weighted by Crippen LogP contribution is -2.04. The van der Waals surface area contributed by atoms with Gasteiger partial charge in [-0.2, -0.15) is 0 Å². The van der Waals surface area contributed by atoms with Crippen LogP contribution in [-0.4, -0.2) is 6.54 Å². The predicted molar refractivity (Wildman–Crippen MR) is 87.1 cm³/mol. The maximum absolute atomic E-state index is 5.98. The van der Waals surface area contributed by atoms with Gasteiger partial charge in [-0.05, 0) is 61.2 Å². The van der Waals surface area contributed by atoms with E-state index in [2.05, 4.69) is 54.0 Å². The number of rotatable bonds is 5. The molecule has 0 fully saturated rings. The highest BCUT2D eigenvalue weighted by atomic mass is 79.9. The average molecular weight is 334 g/mol. The molecule has 0 aromatic heterocycles.